The SMILES string of the molecule is Cc1nnc(CN=C(NCc2cccs2)NCC2CN(CC(C)C)CCO2)n1C. The molecule has 2 N–H and O–H groups in total. The summed E-state index contributed by atoms with van der Waals surface area (Å²) < 4.78 is 7.93. The summed E-state index contributed by atoms with van der Waals surface area (Å²) in [6.45, 7) is 12.3. The van der Waals surface area contributed by atoms with Crippen LogP contribution in [0.15, 0.2) is 22.5 Å². The predicted molar refractivity (Wildman–Crippen MR) is 117 cm³/mol. The molecule has 0 radical (unpaired) electrons. The number of hydrogen-bond acceptors (Lipinski definition) is 6. The molecular formula is C20H33N7OS. The van der Waals surface area contributed by atoms with Gasteiger partial charge in [-0.2, -0.15) is 0 Å². The molecule has 160 valence electrons. The molecule has 29 heavy (non-hydrogen) atoms. The van der Waals surface area contributed by atoms with Crippen LogP contribution in [-0.4, -0.2) is 64.5 Å². The summed E-state index contributed by atoms with van der Waals surface area (Å²) in [6.07, 6.45) is 0.160. The Labute approximate surface area is 177 Å². The first-order valence-electron chi connectivity index (χ1n) is 10.2. The molecule has 8 nitrogen and oxygen atoms in total. The molecule has 9 heteroatoms. The van der Waals surface area contributed by atoms with E-state index in [9.17, 15) is 0 Å². The van der Waals surface area contributed by atoms with Gasteiger partial charge in [-0.1, -0.05) is 19.9 Å². The molecule has 1 aliphatic rings. The van der Waals surface area contributed by atoms with Crippen molar-refractivity contribution in [3.63, 3.8) is 0 Å². The number of aromatic nitrogens is 3. The lowest BCUT2D eigenvalue weighted by molar-refractivity contribution is -0.0284. The Morgan fingerprint density at radius 3 is 2.93 bits per heavy atom. The van der Waals surface area contributed by atoms with Crippen LogP contribution in [0.2, 0.25) is 0 Å². The lowest BCUT2D eigenvalue weighted by atomic mass is 10.2. The van der Waals surface area contributed by atoms with Gasteiger partial charge in [0.1, 0.15) is 12.4 Å². The molecule has 2 aromatic rings. The Morgan fingerprint density at radius 1 is 1.38 bits per heavy atom. The molecule has 0 amide bonds. The fourth-order valence-electron chi connectivity index (χ4n) is 3.29. The Hall–Kier alpha value is -1.97. The lowest BCUT2D eigenvalue weighted by Gasteiger charge is -2.34. The largest absolute Gasteiger partial charge is 0.374 e. The van der Waals surface area contributed by atoms with Crippen LogP contribution < -0.4 is 10.6 Å². The fraction of sp³-hybridized carbons (Fsp3) is 0.650. The number of nitrogens with zero attached hydrogens (tertiary/aromatic N) is 5. The summed E-state index contributed by atoms with van der Waals surface area (Å²) in [4.78, 5) is 8.48. The van der Waals surface area contributed by atoms with Crippen LogP contribution in [0.3, 0.4) is 0 Å². The number of ether oxygens (including phenoxy) is 1. The number of morpholine rings is 1. The van der Waals surface area contributed by atoms with E-state index in [1.54, 1.807) is 11.3 Å². The number of hydrogen-bond donors (Lipinski definition) is 2. The smallest absolute Gasteiger partial charge is 0.192 e. The van der Waals surface area contributed by atoms with Crippen LogP contribution in [0, 0.1) is 12.8 Å². The van der Waals surface area contributed by atoms with E-state index >= 15 is 0 Å². The van der Waals surface area contributed by atoms with Gasteiger partial charge in [0.2, 0.25) is 0 Å². The van der Waals surface area contributed by atoms with Gasteiger partial charge >= 0.3 is 0 Å². The van der Waals surface area contributed by atoms with Crippen molar-refractivity contribution >= 4 is 17.3 Å². The number of aryl methyl sites for hydroxylation is 1. The topological polar surface area (TPSA) is 79.6 Å². The van der Waals surface area contributed by atoms with Crippen LogP contribution in [0.1, 0.15) is 30.4 Å². The number of aliphatic imine (C=N–C) groups is 1. The van der Waals surface area contributed by atoms with E-state index < -0.39 is 0 Å². The zero-order valence-corrected chi connectivity index (χ0v) is 18.7. The Morgan fingerprint density at radius 2 is 2.24 bits per heavy atom. The van der Waals surface area contributed by atoms with Crippen molar-refractivity contribution in [2.75, 3.05) is 32.8 Å². The van der Waals surface area contributed by atoms with Gasteiger partial charge < -0.3 is 19.9 Å². The molecule has 1 saturated heterocycles. The Bertz CT molecular complexity index is 772. The zero-order chi connectivity index (χ0) is 20.6. The van der Waals surface area contributed by atoms with E-state index in [2.05, 4.69) is 57.1 Å². The van der Waals surface area contributed by atoms with Crippen LogP contribution >= 0.6 is 11.3 Å². The monoisotopic (exact) mass is 419 g/mol. The standard InChI is InChI=1S/C20H33N7OS/c1-15(2)13-27-7-8-28-17(14-27)10-21-20(22-11-18-6-5-9-29-18)23-12-19-25-24-16(3)26(19)4/h5-6,9,15,17H,7-8,10-14H2,1-4H3,(H2,21,22,23). The van der Waals surface area contributed by atoms with E-state index in [-0.39, 0.29) is 6.10 Å². The molecule has 0 bridgehead atoms. The molecule has 0 saturated carbocycles. The van der Waals surface area contributed by atoms with Gasteiger partial charge in [0.25, 0.3) is 0 Å². The second-order valence-electron chi connectivity index (χ2n) is 7.85. The average molecular weight is 420 g/mol. The molecular weight excluding hydrogens is 386 g/mol. The molecule has 3 rings (SSSR count). The molecule has 1 atom stereocenters. The van der Waals surface area contributed by atoms with Gasteiger partial charge in [-0.15, -0.1) is 21.5 Å². The van der Waals surface area contributed by atoms with Crippen LogP contribution in [0.4, 0.5) is 0 Å². The van der Waals surface area contributed by atoms with Gasteiger partial charge in [-0.05, 0) is 24.3 Å². The van der Waals surface area contributed by atoms with Crippen molar-refractivity contribution in [1.82, 2.24) is 30.3 Å². The van der Waals surface area contributed by atoms with Gasteiger partial charge in [0, 0.05) is 38.1 Å². The minimum absolute atomic E-state index is 0.160. The molecule has 0 spiro atoms. The summed E-state index contributed by atoms with van der Waals surface area (Å²) in [5, 5.41) is 17.3. The van der Waals surface area contributed by atoms with Crippen LogP contribution in [-0.2, 0) is 24.9 Å². The van der Waals surface area contributed by atoms with E-state index in [4.69, 9.17) is 9.73 Å². The van der Waals surface area contributed by atoms with Crippen molar-refractivity contribution < 1.29 is 4.74 Å². The van der Waals surface area contributed by atoms with E-state index in [1.165, 1.54) is 4.88 Å². The van der Waals surface area contributed by atoms with Crippen molar-refractivity contribution in [2.24, 2.45) is 18.0 Å². The molecule has 1 fully saturated rings. The second-order valence-corrected chi connectivity index (χ2v) is 8.88. The van der Waals surface area contributed by atoms with Gasteiger partial charge in [0.15, 0.2) is 11.8 Å². The number of guanidine groups is 1. The van der Waals surface area contributed by atoms with E-state index in [1.807, 2.05) is 18.5 Å². The maximum absolute atomic E-state index is 5.96. The molecule has 1 aliphatic heterocycles. The summed E-state index contributed by atoms with van der Waals surface area (Å²) >= 11 is 1.73. The second kappa shape index (κ2) is 10.7. The van der Waals surface area contributed by atoms with Crippen molar-refractivity contribution in [3.8, 4) is 0 Å². The summed E-state index contributed by atoms with van der Waals surface area (Å²) in [7, 11) is 1.96. The third-order valence-corrected chi connectivity index (χ3v) is 5.79. The van der Waals surface area contributed by atoms with Crippen LogP contribution in [0.5, 0.6) is 0 Å². The minimum atomic E-state index is 0.160. The van der Waals surface area contributed by atoms with Crippen molar-refractivity contribution in [1.29, 1.82) is 0 Å². The summed E-state index contributed by atoms with van der Waals surface area (Å²) in [6, 6.07) is 4.18. The predicted octanol–water partition coefficient (Wildman–Crippen LogP) is 1.78. The number of thiophene rings is 1. The third-order valence-electron chi connectivity index (χ3n) is 4.91. The summed E-state index contributed by atoms with van der Waals surface area (Å²) in [5.41, 5.74) is 0. The maximum atomic E-state index is 5.96. The van der Waals surface area contributed by atoms with Crippen LogP contribution in [0.25, 0.3) is 0 Å². The lowest BCUT2D eigenvalue weighted by Crippen LogP contribution is -2.50. The normalized spacial score (nSPS) is 18.4. The first kappa shape index (κ1) is 21.7. The summed E-state index contributed by atoms with van der Waals surface area (Å²) in [5.74, 6) is 3.17. The van der Waals surface area contributed by atoms with Gasteiger partial charge in [-0.3, -0.25) is 4.90 Å². The van der Waals surface area contributed by atoms with E-state index in [0.717, 1.165) is 56.9 Å². The highest BCUT2D eigenvalue weighted by atomic mass is 32.1. The molecule has 1 unspecified atom stereocenters. The average Bonchev–Trinajstić information content (AvgIpc) is 3.32. The zero-order valence-electron chi connectivity index (χ0n) is 17.9. The quantitative estimate of drug-likeness (QED) is 0.502. The number of rotatable bonds is 8. The minimum Gasteiger partial charge on any atom is -0.374 e. The van der Waals surface area contributed by atoms with Crippen molar-refractivity contribution in [2.45, 2.75) is 40.0 Å². The highest BCUT2D eigenvalue weighted by molar-refractivity contribution is 7.09. The highest BCUT2D eigenvalue weighted by Gasteiger charge is 2.21. The fourth-order valence-corrected chi connectivity index (χ4v) is 3.94. The molecule has 2 aromatic heterocycles. The molecule has 3 heterocycles. The van der Waals surface area contributed by atoms with Crippen molar-refractivity contribution in [3.05, 3.63) is 34.0 Å². The molecule has 0 aliphatic carbocycles. The van der Waals surface area contributed by atoms with Gasteiger partial charge in [0.05, 0.1) is 19.3 Å². The molecule has 0 aromatic carbocycles. The first-order valence-corrected chi connectivity index (χ1v) is 11.1. The van der Waals surface area contributed by atoms with E-state index in [0.29, 0.717) is 12.5 Å². The third kappa shape index (κ3) is 6.80. The Kier molecular flexibility index (Phi) is 8.02. The highest BCUT2D eigenvalue weighted by Crippen LogP contribution is 2.09. The van der Waals surface area contributed by atoms with Gasteiger partial charge in [-0.25, -0.2) is 4.99 Å². The first-order chi connectivity index (χ1) is 14.0. The Balaban J connectivity index is 1.58. The number of nitrogens with one attached hydrogen (secondary N) is 2. The maximum Gasteiger partial charge on any atom is 0.192 e.